The monoisotopic (exact) mass is 994 g/mol. The van der Waals surface area contributed by atoms with Crippen molar-refractivity contribution >= 4 is 5.91 Å². The molecule has 2 aliphatic rings. The number of carbonyl (C=O) groups is 1. The van der Waals surface area contributed by atoms with Crippen molar-refractivity contribution in [1.29, 1.82) is 0 Å². The summed E-state index contributed by atoms with van der Waals surface area (Å²) in [7, 11) is 0. The molecule has 0 radical (unpaired) electrons. The van der Waals surface area contributed by atoms with Crippen molar-refractivity contribution in [1.82, 2.24) is 5.32 Å². The number of carbonyl (C=O) groups excluding carboxylic acids is 1. The van der Waals surface area contributed by atoms with E-state index < -0.39 is 111 Å². The molecule has 2 heterocycles. The molecule has 0 aromatic heterocycles. The van der Waals surface area contributed by atoms with Gasteiger partial charge in [0.15, 0.2) is 12.6 Å². The van der Waals surface area contributed by atoms with Crippen LogP contribution in [0.25, 0.3) is 0 Å². The van der Waals surface area contributed by atoms with Gasteiger partial charge in [0.25, 0.3) is 0 Å². The highest BCUT2D eigenvalue weighted by Crippen LogP contribution is 2.30. The van der Waals surface area contributed by atoms with E-state index in [2.05, 4.69) is 19.2 Å². The van der Waals surface area contributed by atoms with Gasteiger partial charge in [-0.15, -0.1) is 0 Å². The van der Waals surface area contributed by atoms with E-state index in [1.165, 1.54) is 141 Å². The normalized spacial score (nSPS) is 27.0. The molecule has 2 rings (SSSR count). The summed E-state index contributed by atoms with van der Waals surface area (Å²) >= 11 is 0. The van der Waals surface area contributed by atoms with E-state index in [1.807, 2.05) is 0 Å². The van der Waals surface area contributed by atoms with Crippen LogP contribution < -0.4 is 5.32 Å². The van der Waals surface area contributed by atoms with Crippen molar-refractivity contribution in [3.05, 3.63) is 0 Å². The van der Waals surface area contributed by atoms with Gasteiger partial charge in [0.1, 0.15) is 61.0 Å². The van der Waals surface area contributed by atoms with Crippen LogP contribution >= 0.6 is 0 Å². The summed E-state index contributed by atoms with van der Waals surface area (Å²) in [5.41, 5.74) is 0. The molecule has 16 heteroatoms. The van der Waals surface area contributed by atoms with Gasteiger partial charge in [-0.1, -0.05) is 213 Å². The van der Waals surface area contributed by atoms with Crippen LogP contribution in [0.5, 0.6) is 0 Å². The van der Waals surface area contributed by atoms with Gasteiger partial charge in [-0.3, -0.25) is 4.79 Å². The average Bonchev–Trinajstić information content (AvgIpc) is 3.35. The Labute approximate surface area is 416 Å². The van der Waals surface area contributed by atoms with Crippen molar-refractivity contribution < 1.29 is 74.8 Å². The maximum atomic E-state index is 13.3. The zero-order valence-electron chi connectivity index (χ0n) is 43.1. The molecule has 16 nitrogen and oxygen atoms in total. The van der Waals surface area contributed by atoms with Crippen molar-refractivity contribution in [2.75, 3.05) is 19.8 Å². The van der Waals surface area contributed by atoms with Gasteiger partial charge in [0, 0.05) is 0 Å². The summed E-state index contributed by atoms with van der Waals surface area (Å²) in [5, 5.41) is 109. The molecule has 69 heavy (non-hydrogen) atoms. The van der Waals surface area contributed by atoms with Gasteiger partial charge in [-0.2, -0.15) is 0 Å². The Kier molecular flexibility index (Phi) is 37.4. The number of unbranched alkanes of at least 4 members (excludes halogenated alkanes) is 29. The first kappa shape index (κ1) is 64.0. The van der Waals surface area contributed by atoms with Crippen LogP contribution in [0.2, 0.25) is 0 Å². The van der Waals surface area contributed by atoms with E-state index >= 15 is 0 Å². The largest absolute Gasteiger partial charge is 0.394 e. The number of aliphatic hydroxyl groups is 10. The zero-order valence-corrected chi connectivity index (χ0v) is 43.1. The lowest BCUT2D eigenvalue weighted by Gasteiger charge is -2.46. The standard InChI is InChI=1S/C53H103NO15/c1-3-5-7-9-11-13-15-16-17-18-19-20-21-22-23-25-27-29-31-33-35-41(58)51(65)54-39(44(59)40(57)34-32-30-28-26-24-14-12-10-8-6-4-2)38-66-52-49(64)47(62)50(43(37-56)68-52)69-53-48(63)46(61)45(60)42(36-55)67-53/h39-50,52-53,55-64H,3-38H2,1-2H3,(H,54,65)/t39-,40+,41+,42+,43+,44-,45-,46-,47+,48+,49+,50+,52+,53-/m0/s1. The summed E-state index contributed by atoms with van der Waals surface area (Å²) in [6.07, 6.45) is 16.9. The molecule has 410 valence electrons. The summed E-state index contributed by atoms with van der Waals surface area (Å²) in [6.45, 7) is 2.43. The average molecular weight is 994 g/mol. The maximum absolute atomic E-state index is 13.3. The molecule has 2 fully saturated rings. The summed E-state index contributed by atoms with van der Waals surface area (Å²) < 4.78 is 22.5. The van der Waals surface area contributed by atoms with E-state index in [-0.39, 0.29) is 12.8 Å². The van der Waals surface area contributed by atoms with E-state index in [0.717, 1.165) is 44.9 Å². The molecule has 11 N–H and O–H groups in total. The maximum Gasteiger partial charge on any atom is 0.249 e. The predicted molar refractivity (Wildman–Crippen MR) is 266 cm³/mol. The highest BCUT2D eigenvalue weighted by atomic mass is 16.7. The van der Waals surface area contributed by atoms with Crippen LogP contribution in [0.4, 0.5) is 0 Å². The Hall–Kier alpha value is -1.09. The molecule has 2 aliphatic heterocycles. The SMILES string of the molecule is CCCCCCCCCCCCCCCCCCCCCC[C@@H](O)C(=O)N[C@@H](CO[C@@H]1O[C@H](CO)[C@@H](O[C@@H]2O[C@H](CO)[C@H](O)[C@H](O)[C@H]2O)[C@H](O)[C@H]1O)[C@H](O)[C@H](O)CCCCCCCCCCCCC. The number of hydrogen-bond acceptors (Lipinski definition) is 15. The zero-order chi connectivity index (χ0) is 50.7. The second-order valence-corrected chi connectivity index (χ2v) is 20.4. The first-order chi connectivity index (χ1) is 33.4. The molecule has 0 unspecified atom stereocenters. The quantitative estimate of drug-likeness (QED) is 0.0308. The molecular formula is C53H103NO15. The van der Waals surface area contributed by atoms with Crippen LogP contribution in [0.3, 0.4) is 0 Å². The molecular weight excluding hydrogens is 891 g/mol. The number of nitrogens with one attached hydrogen (secondary N) is 1. The Morgan fingerprint density at radius 2 is 0.855 bits per heavy atom. The van der Waals surface area contributed by atoms with Gasteiger partial charge in [-0.25, -0.2) is 0 Å². The van der Waals surface area contributed by atoms with E-state index in [4.69, 9.17) is 18.9 Å². The minimum absolute atomic E-state index is 0.209. The van der Waals surface area contributed by atoms with E-state index in [9.17, 15) is 55.9 Å². The van der Waals surface area contributed by atoms with Gasteiger partial charge in [0.2, 0.25) is 5.91 Å². The Morgan fingerprint density at radius 1 is 0.478 bits per heavy atom. The van der Waals surface area contributed by atoms with Gasteiger partial charge >= 0.3 is 0 Å². The third-order valence-electron chi connectivity index (χ3n) is 14.3. The number of amides is 1. The number of rotatable bonds is 44. The smallest absolute Gasteiger partial charge is 0.249 e. The van der Waals surface area contributed by atoms with Crippen molar-refractivity contribution in [3.8, 4) is 0 Å². The van der Waals surface area contributed by atoms with Gasteiger partial charge in [-0.05, 0) is 12.8 Å². The van der Waals surface area contributed by atoms with Gasteiger partial charge in [0.05, 0.1) is 32.0 Å². The summed E-state index contributed by atoms with van der Waals surface area (Å²) in [4.78, 5) is 13.3. The molecule has 0 spiro atoms. The minimum atomic E-state index is -1.85. The van der Waals surface area contributed by atoms with E-state index in [0.29, 0.717) is 12.8 Å². The molecule has 0 aliphatic carbocycles. The molecule has 0 saturated carbocycles. The fraction of sp³-hybridized carbons (Fsp3) is 0.981. The predicted octanol–water partition coefficient (Wildman–Crippen LogP) is 6.11. The Morgan fingerprint density at radius 3 is 1.28 bits per heavy atom. The highest BCUT2D eigenvalue weighted by Gasteiger charge is 2.51. The molecule has 0 aromatic rings. The number of ether oxygens (including phenoxy) is 4. The summed E-state index contributed by atoms with van der Waals surface area (Å²) in [6, 6.07) is -1.27. The first-order valence-corrected chi connectivity index (χ1v) is 28.0. The lowest BCUT2D eigenvalue weighted by molar-refractivity contribution is -0.359. The fourth-order valence-electron chi connectivity index (χ4n) is 9.58. The first-order valence-electron chi connectivity index (χ1n) is 28.0. The Balaban J connectivity index is 1.83. The van der Waals surface area contributed by atoms with Crippen molar-refractivity contribution in [2.45, 2.75) is 312 Å². The van der Waals surface area contributed by atoms with Crippen molar-refractivity contribution in [2.24, 2.45) is 0 Å². The molecule has 14 atom stereocenters. The number of hydrogen-bond donors (Lipinski definition) is 11. The minimum Gasteiger partial charge on any atom is -0.394 e. The number of aliphatic hydroxyl groups excluding tert-OH is 10. The second kappa shape index (κ2) is 40.3. The van der Waals surface area contributed by atoms with Crippen LogP contribution in [0, 0.1) is 0 Å². The lowest BCUT2D eigenvalue weighted by Crippen LogP contribution is -2.65. The lowest BCUT2D eigenvalue weighted by atomic mass is 9.97. The van der Waals surface area contributed by atoms with Gasteiger partial charge < -0.3 is 75.3 Å². The van der Waals surface area contributed by atoms with Crippen LogP contribution in [0.1, 0.15) is 226 Å². The Bertz CT molecular complexity index is 1200. The molecule has 2 saturated heterocycles. The van der Waals surface area contributed by atoms with Crippen molar-refractivity contribution in [3.63, 3.8) is 0 Å². The molecule has 1 amide bonds. The van der Waals surface area contributed by atoms with Crippen LogP contribution in [-0.4, -0.2) is 163 Å². The topological polar surface area (TPSA) is 268 Å². The fourth-order valence-corrected chi connectivity index (χ4v) is 9.58. The molecule has 0 bridgehead atoms. The van der Waals surface area contributed by atoms with Crippen LogP contribution in [-0.2, 0) is 23.7 Å². The summed E-state index contributed by atoms with van der Waals surface area (Å²) in [5.74, 6) is -0.756. The van der Waals surface area contributed by atoms with E-state index in [1.54, 1.807) is 0 Å². The van der Waals surface area contributed by atoms with Crippen LogP contribution in [0.15, 0.2) is 0 Å². The second-order valence-electron chi connectivity index (χ2n) is 20.4. The molecule has 0 aromatic carbocycles. The third-order valence-corrected chi connectivity index (χ3v) is 14.3. The highest BCUT2D eigenvalue weighted by molar-refractivity contribution is 5.80. The third kappa shape index (κ3) is 26.6.